The number of nitrogens with one attached hydrogen (secondary N) is 1. The lowest BCUT2D eigenvalue weighted by atomic mass is 9.82. The monoisotopic (exact) mass is 476 g/mol. The molecule has 180 valence electrons. The number of rotatable bonds is 4. The van der Waals surface area contributed by atoms with Crippen LogP contribution >= 0.6 is 0 Å². The maximum absolute atomic E-state index is 13.4. The molecule has 0 atom stereocenters. The van der Waals surface area contributed by atoms with E-state index in [9.17, 15) is 4.79 Å². The van der Waals surface area contributed by atoms with Gasteiger partial charge in [0, 0.05) is 77.3 Å². The Balaban J connectivity index is 1.58. The molecule has 0 fully saturated rings. The quantitative estimate of drug-likeness (QED) is 0.365. The first-order valence-corrected chi connectivity index (χ1v) is 12.7. The van der Waals surface area contributed by atoms with E-state index in [1.54, 1.807) is 12.4 Å². The SMILES string of the molecule is CC(C)Cn1c2ccc(Nc3ncccn3)cc2c2c3c(c4c(c21)CCc1nn(C)cc1-4)C(=O)CC3. The Kier molecular flexibility index (Phi) is 4.58. The minimum Gasteiger partial charge on any atom is -0.340 e. The summed E-state index contributed by atoms with van der Waals surface area (Å²) in [5.74, 6) is 1.32. The maximum atomic E-state index is 13.4. The molecule has 5 aromatic rings. The molecule has 2 aliphatic rings. The van der Waals surface area contributed by atoms with Gasteiger partial charge in [0.15, 0.2) is 5.78 Å². The molecule has 7 rings (SSSR count). The fraction of sp³-hybridized carbons (Fsp3) is 0.310. The second kappa shape index (κ2) is 7.75. The molecule has 36 heavy (non-hydrogen) atoms. The third-order valence-electron chi connectivity index (χ3n) is 7.54. The Morgan fingerprint density at radius 2 is 1.83 bits per heavy atom. The van der Waals surface area contributed by atoms with E-state index < -0.39 is 0 Å². The van der Waals surface area contributed by atoms with Crippen LogP contribution in [0.5, 0.6) is 0 Å². The zero-order chi connectivity index (χ0) is 24.6. The van der Waals surface area contributed by atoms with Gasteiger partial charge in [0.1, 0.15) is 0 Å². The number of anilines is 2. The minimum absolute atomic E-state index is 0.261. The summed E-state index contributed by atoms with van der Waals surface area (Å²) in [5, 5.41) is 10.5. The highest BCUT2D eigenvalue weighted by Gasteiger charge is 2.35. The number of fused-ring (bicyclic) bond motifs is 10. The fourth-order valence-electron chi connectivity index (χ4n) is 6.28. The van der Waals surface area contributed by atoms with Crippen molar-refractivity contribution >= 4 is 39.2 Å². The number of Topliss-reactive ketones (excluding diaryl/α,β-unsaturated/α-hetero) is 1. The van der Waals surface area contributed by atoms with Crippen molar-refractivity contribution in [2.24, 2.45) is 13.0 Å². The Morgan fingerprint density at radius 1 is 1.03 bits per heavy atom. The molecule has 2 aromatic carbocycles. The summed E-state index contributed by atoms with van der Waals surface area (Å²) < 4.78 is 4.39. The van der Waals surface area contributed by atoms with Gasteiger partial charge in [0.05, 0.1) is 11.2 Å². The van der Waals surface area contributed by atoms with Crippen molar-refractivity contribution in [1.82, 2.24) is 24.3 Å². The number of aryl methyl sites for hydroxylation is 4. The van der Waals surface area contributed by atoms with Gasteiger partial charge in [-0.1, -0.05) is 13.8 Å². The summed E-state index contributed by atoms with van der Waals surface area (Å²) in [6.45, 7) is 5.46. The first-order chi connectivity index (χ1) is 17.5. The maximum Gasteiger partial charge on any atom is 0.227 e. The average molecular weight is 477 g/mol. The van der Waals surface area contributed by atoms with E-state index in [1.165, 1.54) is 32.9 Å². The van der Waals surface area contributed by atoms with Gasteiger partial charge in [-0.3, -0.25) is 9.48 Å². The van der Waals surface area contributed by atoms with Crippen molar-refractivity contribution in [1.29, 1.82) is 0 Å². The molecule has 2 aliphatic carbocycles. The zero-order valence-corrected chi connectivity index (χ0v) is 20.8. The summed E-state index contributed by atoms with van der Waals surface area (Å²) in [7, 11) is 1.97. The van der Waals surface area contributed by atoms with Crippen LogP contribution < -0.4 is 5.32 Å². The highest BCUT2D eigenvalue weighted by Crippen LogP contribution is 2.48. The number of ketones is 1. The molecule has 7 heteroatoms. The third-order valence-corrected chi connectivity index (χ3v) is 7.54. The van der Waals surface area contributed by atoms with Crippen molar-refractivity contribution in [3.8, 4) is 11.1 Å². The molecule has 0 bridgehead atoms. The number of nitrogens with zero attached hydrogens (tertiary/aromatic N) is 5. The van der Waals surface area contributed by atoms with Gasteiger partial charge >= 0.3 is 0 Å². The smallest absolute Gasteiger partial charge is 0.227 e. The third kappa shape index (κ3) is 3.05. The normalized spacial score (nSPS) is 14.5. The molecule has 0 saturated carbocycles. The lowest BCUT2D eigenvalue weighted by Crippen LogP contribution is -2.12. The van der Waals surface area contributed by atoms with Crippen LogP contribution in [0.15, 0.2) is 42.9 Å². The second-order valence-electron chi connectivity index (χ2n) is 10.5. The van der Waals surface area contributed by atoms with E-state index in [4.69, 9.17) is 5.10 Å². The van der Waals surface area contributed by atoms with E-state index in [1.807, 2.05) is 17.8 Å². The molecule has 3 heterocycles. The number of carbonyl (C=O) groups is 1. The van der Waals surface area contributed by atoms with Crippen LogP contribution in [0.4, 0.5) is 11.6 Å². The molecule has 3 aromatic heterocycles. The van der Waals surface area contributed by atoms with E-state index in [2.05, 4.69) is 58.1 Å². The molecule has 7 nitrogen and oxygen atoms in total. The molecule has 0 spiro atoms. The Hall–Kier alpha value is -4.00. The van der Waals surface area contributed by atoms with E-state index >= 15 is 0 Å². The van der Waals surface area contributed by atoms with Crippen molar-refractivity contribution in [3.05, 3.63) is 65.2 Å². The summed E-state index contributed by atoms with van der Waals surface area (Å²) in [6.07, 6.45) is 8.72. The average Bonchev–Trinajstić information content (AvgIpc) is 3.52. The number of benzene rings is 2. The van der Waals surface area contributed by atoms with Crippen LogP contribution in [0.2, 0.25) is 0 Å². The number of carbonyl (C=O) groups excluding carboxylic acids is 1. The second-order valence-corrected chi connectivity index (χ2v) is 10.5. The Bertz CT molecular complexity index is 1690. The summed E-state index contributed by atoms with van der Waals surface area (Å²) in [5.41, 5.74) is 10.3. The van der Waals surface area contributed by atoms with Gasteiger partial charge in [0.25, 0.3) is 0 Å². The number of hydrogen-bond donors (Lipinski definition) is 1. The lowest BCUT2D eigenvalue weighted by Gasteiger charge is -2.22. The topological polar surface area (TPSA) is 77.6 Å². The number of hydrogen-bond acceptors (Lipinski definition) is 5. The lowest BCUT2D eigenvalue weighted by molar-refractivity contribution is 0.0995. The molecule has 0 aliphatic heterocycles. The first kappa shape index (κ1) is 21.3. The molecule has 0 saturated heterocycles. The predicted octanol–water partition coefficient (Wildman–Crippen LogP) is 5.61. The zero-order valence-electron chi connectivity index (χ0n) is 20.8. The minimum atomic E-state index is 0.261. The summed E-state index contributed by atoms with van der Waals surface area (Å²) in [4.78, 5) is 22.0. The molecular formula is C29H28N6O. The van der Waals surface area contributed by atoms with Crippen molar-refractivity contribution in [3.63, 3.8) is 0 Å². The predicted molar refractivity (Wildman–Crippen MR) is 142 cm³/mol. The van der Waals surface area contributed by atoms with Gasteiger partial charge in [-0.25, -0.2) is 9.97 Å². The van der Waals surface area contributed by atoms with Crippen LogP contribution in [-0.4, -0.2) is 30.1 Å². The first-order valence-electron chi connectivity index (χ1n) is 12.7. The summed E-state index contributed by atoms with van der Waals surface area (Å²) in [6, 6.07) is 8.33. The van der Waals surface area contributed by atoms with Crippen LogP contribution in [0, 0.1) is 5.92 Å². The Morgan fingerprint density at radius 3 is 2.64 bits per heavy atom. The van der Waals surface area contributed by atoms with Gasteiger partial charge < -0.3 is 9.88 Å². The van der Waals surface area contributed by atoms with Crippen molar-refractivity contribution in [2.75, 3.05) is 5.32 Å². The highest BCUT2D eigenvalue weighted by atomic mass is 16.1. The van der Waals surface area contributed by atoms with Crippen LogP contribution in [0.3, 0.4) is 0 Å². The van der Waals surface area contributed by atoms with Gasteiger partial charge in [0.2, 0.25) is 5.95 Å². The highest BCUT2D eigenvalue weighted by molar-refractivity contribution is 6.20. The van der Waals surface area contributed by atoms with E-state index in [0.29, 0.717) is 18.3 Å². The fourth-order valence-corrected chi connectivity index (χ4v) is 6.28. The summed E-state index contributed by atoms with van der Waals surface area (Å²) >= 11 is 0. The van der Waals surface area contributed by atoms with E-state index in [-0.39, 0.29) is 5.78 Å². The van der Waals surface area contributed by atoms with Crippen LogP contribution in [0.1, 0.15) is 47.4 Å². The molecule has 0 radical (unpaired) electrons. The van der Waals surface area contributed by atoms with Gasteiger partial charge in [-0.05, 0) is 60.6 Å². The standard InChI is InChI=1S/C29H28N6O/c1-16(2)14-35-23-9-5-17(32-29-30-11-4-12-31-29)13-20(23)26-18-7-10-24(36)27(18)25-19(28(26)35)6-8-22-21(25)15-34(3)33-22/h4-5,9,11-13,15-16H,6-8,10,14H2,1-3H3,(H,30,31,32). The van der Waals surface area contributed by atoms with Crippen LogP contribution in [-0.2, 0) is 32.9 Å². The van der Waals surface area contributed by atoms with Crippen molar-refractivity contribution in [2.45, 2.75) is 46.1 Å². The number of aromatic nitrogens is 5. The Labute approximate surface area is 209 Å². The molecule has 1 N–H and O–H groups in total. The van der Waals surface area contributed by atoms with Crippen LogP contribution in [0.25, 0.3) is 32.9 Å². The van der Waals surface area contributed by atoms with Crippen molar-refractivity contribution < 1.29 is 4.79 Å². The largest absolute Gasteiger partial charge is 0.340 e. The molecular weight excluding hydrogens is 448 g/mol. The van der Waals surface area contributed by atoms with Gasteiger partial charge in [-0.15, -0.1) is 0 Å². The molecule has 0 amide bonds. The van der Waals surface area contributed by atoms with E-state index in [0.717, 1.165) is 53.9 Å². The van der Waals surface area contributed by atoms with Gasteiger partial charge in [-0.2, -0.15) is 5.10 Å². The molecule has 0 unspecified atom stereocenters.